The molecule has 4 aromatic rings. The minimum absolute atomic E-state index is 0.0626. The summed E-state index contributed by atoms with van der Waals surface area (Å²) in [4.78, 5) is 35.3. The highest BCUT2D eigenvalue weighted by atomic mass is 32.1. The van der Waals surface area contributed by atoms with Crippen molar-refractivity contribution in [1.82, 2.24) is 15.5 Å². The molecule has 4 heterocycles. The number of nitrogens with zero attached hydrogens (tertiary/aromatic N) is 4. The molecule has 9 heteroatoms. The van der Waals surface area contributed by atoms with Crippen molar-refractivity contribution in [1.29, 1.82) is 0 Å². The van der Waals surface area contributed by atoms with Crippen molar-refractivity contribution in [3.63, 3.8) is 0 Å². The number of nitrogens with one attached hydrogen (secondary N) is 1. The molecule has 5 rings (SSSR count). The average molecular weight is 502 g/mol. The molecule has 0 atom stereocenters. The maximum Gasteiger partial charge on any atom is 0.255 e. The van der Waals surface area contributed by atoms with Gasteiger partial charge in [-0.05, 0) is 67.3 Å². The van der Waals surface area contributed by atoms with Crippen LogP contribution in [0.25, 0.3) is 10.6 Å². The molecule has 1 N–H and O–H groups in total. The van der Waals surface area contributed by atoms with E-state index in [2.05, 4.69) is 38.6 Å². The van der Waals surface area contributed by atoms with Crippen molar-refractivity contribution in [3.8, 4) is 10.6 Å². The fraction of sp³-hybridized carbons (Fsp3) is 0.259. The van der Waals surface area contributed by atoms with E-state index in [1.165, 1.54) is 11.8 Å². The van der Waals surface area contributed by atoms with Crippen LogP contribution in [0, 0.1) is 6.92 Å². The number of amides is 1. The van der Waals surface area contributed by atoms with E-state index >= 15 is 0 Å². The molecule has 36 heavy (non-hydrogen) atoms. The highest BCUT2D eigenvalue weighted by Gasteiger charge is 2.24. The maximum atomic E-state index is 13.2. The summed E-state index contributed by atoms with van der Waals surface area (Å²) >= 11 is 1.65. The number of hydrogen-bond acceptors (Lipinski definition) is 8. The number of anilines is 2. The zero-order valence-corrected chi connectivity index (χ0v) is 21.0. The Labute approximate surface area is 213 Å². The van der Waals surface area contributed by atoms with Crippen LogP contribution in [-0.4, -0.2) is 48.0 Å². The van der Waals surface area contributed by atoms with E-state index in [0.717, 1.165) is 42.4 Å². The number of carbonyl (C=O) groups is 2. The largest absolute Gasteiger partial charge is 0.368 e. The molecule has 0 unspecified atom stereocenters. The lowest BCUT2D eigenvalue weighted by atomic mass is 10.1. The van der Waals surface area contributed by atoms with Crippen molar-refractivity contribution in [2.24, 2.45) is 0 Å². The number of benzene rings is 1. The molecule has 3 aromatic heterocycles. The Bertz CT molecular complexity index is 1360. The number of aromatic nitrogens is 2. The van der Waals surface area contributed by atoms with Crippen molar-refractivity contribution in [2.45, 2.75) is 20.4 Å². The standard InChI is InChI=1S/C27H27N5O3S/c1-18-15-25(36-17-18)24-8-7-23(27(34)28-16-21-9-14-35-30-21)26(29-24)32-12-10-31(11-13-32)22-5-3-20(4-6-22)19(2)33/h3-9,14-15,17H,10-13,16H2,1-2H3,(H,28,34). The fourth-order valence-corrected chi connectivity index (χ4v) is 5.12. The van der Waals surface area contributed by atoms with E-state index in [0.29, 0.717) is 22.6 Å². The number of Topliss-reactive ketones (excluding diaryl/α,β-unsaturated/α-hetero) is 1. The number of thiophene rings is 1. The van der Waals surface area contributed by atoms with Crippen LogP contribution in [0.2, 0.25) is 0 Å². The summed E-state index contributed by atoms with van der Waals surface area (Å²) in [5, 5.41) is 8.90. The molecule has 0 spiro atoms. The van der Waals surface area contributed by atoms with Gasteiger partial charge in [-0.15, -0.1) is 11.3 Å². The Morgan fingerprint density at radius 1 is 1.03 bits per heavy atom. The van der Waals surface area contributed by atoms with Crippen molar-refractivity contribution >= 4 is 34.5 Å². The first-order valence-corrected chi connectivity index (χ1v) is 12.7. The lowest BCUT2D eigenvalue weighted by Gasteiger charge is -2.37. The molecule has 1 saturated heterocycles. The van der Waals surface area contributed by atoms with Gasteiger partial charge in [0.1, 0.15) is 17.8 Å². The van der Waals surface area contributed by atoms with Gasteiger partial charge in [-0.25, -0.2) is 4.98 Å². The molecule has 0 radical (unpaired) electrons. The lowest BCUT2D eigenvalue weighted by molar-refractivity contribution is 0.0949. The molecule has 0 saturated carbocycles. The van der Waals surface area contributed by atoms with Gasteiger partial charge in [0.15, 0.2) is 5.78 Å². The molecule has 8 nitrogen and oxygen atoms in total. The van der Waals surface area contributed by atoms with E-state index in [1.54, 1.807) is 24.3 Å². The second-order valence-corrected chi connectivity index (χ2v) is 9.72. The minimum Gasteiger partial charge on any atom is -0.368 e. The summed E-state index contributed by atoms with van der Waals surface area (Å²) in [6.07, 6.45) is 1.49. The number of hydrogen-bond donors (Lipinski definition) is 1. The predicted molar refractivity (Wildman–Crippen MR) is 141 cm³/mol. The van der Waals surface area contributed by atoms with Gasteiger partial charge < -0.3 is 19.6 Å². The normalized spacial score (nSPS) is 13.6. The topological polar surface area (TPSA) is 91.6 Å². The zero-order chi connectivity index (χ0) is 25.1. The molecule has 0 aliphatic carbocycles. The highest BCUT2D eigenvalue weighted by Crippen LogP contribution is 2.30. The Kier molecular flexibility index (Phi) is 6.81. The molecule has 0 bridgehead atoms. The van der Waals surface area contributed by atoms with Crippen LogP contribution >= 0.6 is 11.3 Å². The van der Waals surface area contributed by atoms with E-state index in [-0.39, 0.29) is 18.2 Å². The molecular weight excluding hydrogens is 474 g/mol. The van der Waals surface area contributed by atoms with Gasteiger partial charge >= 0.3 is 0 Å². The highest BCUT2D eigenvalue weighted by molar-refractivity contribution is 7.13. The number of aryl methyl sites for hydroxylation is 1. The van der Waals surface area contributed by atoms with Crippen molar-refractivity contribution in [3.05, 3.63) is 82.6 Å². The molecule has 1 aromatic carbocycles. The number of ketones is 1. The smallest absolute Gasteiger partial charge is 0.255 e. The fourth-order valence-electron chi connectivity index (χ4n) is 4.25. The molecule has 1 amide bonds. The monoisotopic (exact) mass is 501 g/mol. The third-order valence-corrected chi connectivity index (χ3v) is 7.31. The van der Waals surface area contributed by atoms with Crippen LogP contribution in [0.5, 0.6) is 0 Å². The Morgan fingerprint density at radius 3 is 2.42 bits per heavy atom. The van der Waals surface area contributed by atoms with Gasteiger partial charge in [-0.1, -0.05) is 5.16 Å². The molecule has 1 aliphatic rings. The van der Waals surface area contributed by atoms with E-state index in [4.69, 9.17) is 9.51 Å². The van der Waals surface area contributed by atoms with Crippen LogP contribution in [0.4, 0.5) is 11.5 Å². The molecular formula is C27H27N5O3S. The number of piperazine rings is 1. The Hall–Kier alpha value is -3.98. The van der Waals surface area contributed by atoms with Crippen LogP contribution in [0.3, 0.4) is 0 Å². The van der Waals surface area contributed by atoms with E-state index in [1.807, 2.05) is 36.4 Å². The Morgan fingerprint density at radius 2 is 1.78 bits per heavy atom. The van der Waals surface area contributed by atoms with Gasteiger partial charge in [0.25, 0.3) is 5.91 Å². The van der Waals surface area contributed by atoms with Gasteiger partial charge in [0, 0.05) is 43.5 Å². The van der Waals surface area contributed by atoms with Gasteiger partial charge in [0.05, 0.1) is 22.7 Å². The van der Waals surface area contributed by atoms with Crippen LogP contribution in [-0.2, 0) is 6.54 Å². The van der Waals surface area contributed by atoms with Gasteiger partial charge in [-0.2, -0.15) is 0 Å². The van der Waals surface area contributed by atoms with Gasteiger partial charge in [0.2, 0.25) is 0 Å². The zero-order valence-electron chi connectivity index (χ0n) is 20.2. The van der Waals surface area contributed by atoms with Crippen LogP contribution < -0.4 is 15.1 Å². The minimum atomic E-state index is -0.198. The second-order valence-electron chi connectivity index (χ2n) is 8.81. The lowest BCUT2D eigenvalue weighted by Crippen LogP contribution is -2.47. The summed E-state index contributed by atoms with van der Waals surface area (Å²) in [7, 11) is 0. The average Bonchev–Trinajstić information content (AvgIpc) is 3.59. The summed E-state index contributed by atoms with van der Waals surface area (Å²) in [6, 6.07) is 15.3. The summed E-state index contributed by atoms with van der Waals surface area (Å²) in [5.74, 6) is 0.548. The Balaban J connectivity index is 1.36. The van der Waals surface area contributed by atoms with Crippen molar-refractivity contribution in [2.75, 3.05) is 36.0 Å². The summed E-state index contributed by atoms with van der Waals surface area (Å²) in [5.41, 5.74) is 5.04. The number of pyridine rings is 1. The number of carbonyl (C=O) groups excluding carboxylic acids is 2. The number of rotatable bonds is 7. The third kappa shape index (κ3) is 5.16. The third-order valence-electron chi connectivity index (χ3n) is 6.24. The molecule has 184 valence electrons. The van der Waals surface area contributed by atoms with Gasteiger partial charge in [-0.3, -0.25) is 9.59 Å². The first-order chi connectivity index (χ1) is 17.5. The first kappa shape index (κ1) is 23.7. The SMILES string of the molecule is CC(=O)c1ccc(N2CCN(c3nc(-c4cc(C)cs4)ccc3C(=O)NCc3ccon3)CC2)cc1. The quantitative estimate of drug-likeness (QED) is 0.371. The summed E-state index contributed by atoms with van der Waals surface area (Å²) < 4.78 is 4.86. The van der Waals surface area contributed by atoms with Crippen LogP contribution in [0.1, 0.15) is 38.9 Å². The second kappa shape index (κ2) is 10.3. The van der Waals surface area contributed by atoms with Crippen LogP contribution in [0.15, 0.2) is 64.7 Å². The molecule has 1 aliphatic heterocycles. The predicted octanol–water partition coefficient (Wildman–Crippen LogP) is 4.57. The van der Waals surface area contributed by atoms with Crippen molar-refractivity contribution < 1.29 is 14.1 Å². The molecule has 1 fully saturated rings. The van der Waals surface area contributed by atoms with E-state index in [9.17, 15) is 9.59 Å². The summed E-state index contributed by atoms with van der Waals surface area (Å²) in [6.45, 7) is 6.92. The first-order valence-electron chi connectivity index (χ1n) is 11.8. The van der Waals surface area contributed by atoms with E-state index < -0.39 is 0 Å². The maximum absolute atomic E-state index is 13.2.